The number of anilines is 1. The van der Waals surface area contributed by atoms with Gasteiger partial charge >= 0.3 is 6.03 Å². The monoisotopic (exact) mass is 349 g/mol. The fraction of sp³-hybridized carbons (Fsp3) is 0.333. The summed E-state index contributed by atoms with van der Waals surface area (Å²) in [5.74, 6) is 1.30. The summed E-state index contributed by atoms with van der Waals surface area (Å²) in [4.78, 5) is 14.3. The van der Waals surface area contributed by atoms with E-state index in [-0.39, 0.29) is 6.03 Å². The molecule has 26 heavy (non-hydrogen) atoms. The molecule has 5 nitrogen and oxygen atoms in total. The third-order valence-electron chi connectivity index (χ3n) is 4.57. The number of carbonyl (C=O) groups excluding carboxylic acids is 1. The fourth-order valence-electron chi connectivity index (χ4n) is 3.04. The van der Waals surface area contributed by atoms with Gasteiger partial charge in [-0.05, 0) is 36.1 Å². The molecule has 1 aliphatic heterocycles. The molecule has 134 valence electrons. The molecule has 1 heterocycles. The van der Waals surface area contributed by atoms with Crippen molar-refractivity contribution in [2.75, 3.05) is 18.4 Å². The van der Waals surface area contributed by atoms with E-state index in [4.69, 9.17) is 10.00 Å². The second-order valence-electron chi connectivity index (χ2n) is 6.69. The Hall–Kier alpha value is -3.00. The lowest BCUT2D eigenvalue weighted by Crippen LogP contribution is -2.33. The molecule has 0 spiro atoms. The van der Waals surface area contributed by atoms with Crippen LogP contribution in [0.3, 0.4) is 0 Å². The Morgan fingerprint density at radius 3 is 2.73 bits per heavy atom. The Balaban J connectivity index is 1.62. The van der Waals surface area contributed by atoms with Gasteiger partial charge in [0, 0.05) is 24.3 Å². The standard InChI is InChI=1S/C21H23N3O2/c1-16-11-13-24(14-16)21(25)23-20-5-3-2-4-18(20)15-26-19-8-6-17(7-9-19)10-12-22/h2-9,16H,10-11,13-15H2,1H3,(H,23,25)/t16-/m0/s1. The number of rotatable bonds is 5. The van der Waals surface area contributed by atoms with Crippen LogP contribution in [0.4, 0.5) is 10.5 Å². The Morgan fingerprint density at radius 1 is 1.27 bits per heavy atom. The molecule has 1 N–H and O–H groups in total. The van der Waals surface area contributed by atoms with Crippen molar-refractivity contribution in [1.29, 1.82) is 5.26 Å². The second kappa shape index (κ2) is 8.39. The first kappa shape index (κ1) is 17.8. The number of hydrogen-bond donors (Lipinski definition) is 1. The summed E-state index contributed by atoms with van der Waals surface area (Å²) >= 11 is 0. The molecule has 1 aliphatic rings. The van der Waals surface area contributed by atoms with Crippen molar-refractivity contribution >= 4 is 11.7 Å². The van der Waals surface area contributed by atoms with Gasteiger partial charge in [-0.15, -0.1) is 0 Å². The lowest BCUT2D eigenvalue weighted by Gasteiger charge is -2.18. The van der Waals surface area contributed by atoms with Gasteiger partial charge in [0.05, 0.1) is 12.5 Å². The first-order valence-electron chi connectivity index (χ1n) is 8.88. The zero-order chi connectivity index (χ0) is 18.4. The number of nitrogens with zero attached hydrogens (tertiary/aromatic N) is 2. The van der Waals surface area contributed by atoms with Gasteiger partial charge < -0.3 is 15.0 Å². The van der Waals surface area contributed by atoms with E-state index in [0.717, 1.165) is 42.1 Å². The minimum absolute atomic E-state index is 0.0531. The van der Waals surface area contributed by atoms with Crippen LogP contribution in [-0.2, 0) is 13.0 Å². The number of nitrogens with one attached hydrogen (secondary N) is 1. The Kier molecular flexibility index (Phi) is 5.75. The normalized spacial score (nSPS) is 16.2. The van der Waals surface area contributed by atoms with E-state index in [1.165, 1.54) is 0 Å². The smallest absolute Gasteiger partial charge is 0.321 e. The molecule has 1 saturated heterocycles. The van der Waals surface area contributed by atoms with Crippen LogP contribution < -0.4 is 10.1 Å². The Labute approximate surface area is 154 Å². The Morgan fingerprint density at radius 2 is 2.04 bits per heavy atom. The highest BCUT2D eigenvalue weighted by Gasteiger charge is 2.23. The SMILES string of the molecule is C[C@H]1CCN(C(=O)Nc2ccccc2COc2ccc(CC#N)cc2)C1. The summed E-state index contributed by atoms with van der Waals surface area (Å²) in [6, 6.07) is 17.3. The molecule has 2 aromatic carbocycles. The zero-order valence-corrected chi connectivity index (χ0v) is 14.9. The number of amides is 2. The number of carbonyl (C=O) groups is 1. The number of hydrogen-bond acceptors (Lipinski definition) is 3. The van der Waals surface area contributed by atoms with Crippen molar-refractivity contribution in [1.82, 2.24) is 4.90 Å². The van der Waals surface area contributed by atoms with Gasteiger partial charge in [-0.3, -0.25) is 0 Å². The van der Waals surface area contributed by atoms with E-state index >= 15 is 0 Å². The van der Waals surface area contributed by atoms with Gasteiger partial charge in [-0.1, -0.05) is 37.3 Å². The van der Waals surface area contributed by atoms with Crippen molar-refractivity contribution in [3.8, 4) is 11.8 Å². The van der Waals surface area contributed by atoms with Crippen molar-refractivity contribution in [2.24, 2.45) is 5.92 Å². The number of likely N-dealkylation sites (tertiary alicyclic amines) is 1. The molecule has 3 rings (SSSR count). The topological polar surface area (TPSA) is 65.4 Å². The van der Waals surface area contributed by atoms with Gasteiger partial charge in [0.2, 0.25) is 0 Å². The quantitative estimate of drug-likeness (QED) is 0.879. The summed E-state index contributed by atoms with van der Waals surface area (Å²) in [5.41, 5.74) is 2.67. The van der Waals surface area contributed by atoms with Crippen LogP contribution in [0.1, 0.15) is 24.5 Å². The third-order valence-corrected chi connectivity index (χ3v) is 4.57. The van der Waals surface area contributed by atoms with Gasteiger partial charge in [0.25, 0.3) is 0 Å². The van der Waals surface area contributed by atoms with E-state index in [9.17, 15) is 4.79 Å². The summed E-state index contributed by atoms with van der Waals surface area (Å²) in [6.45, 7) is 4.14. The van der Waals surface area contributed by atoms with E-state index in [1.807, 2.05) is 53.4 Å². The molecule has 1 atom stereocenters. The molecule has 5 heteroatoms. The lowest BCUT2D eigenvalue weighted by atomic mass is 10.1. The third kappa shape index (κ3) is 4.54. The highest BCUT2D eigenvalue weighted by atomic mass is 16.5. The maximum absolute atomic E-state index is 12.4. The highest BCUT2D eigenvalue weighted by molar-refractivity contribution is 5.90. The summed E-state index contributed by atoms with van der Waals surface area (Å²) in [5, 5.41) is 11.7. The molecule has 0 aliphatic carbocycles. The van der Waals surface area contributed by atoms with Crippen LogP contribution in [0, 0.1) is 17.2 Å². The first-order chi connectivity index (χ1) is 12.7. The zero-order valence-electron chi connectivity index (χ0n) is 14.9. The second-order valence-corrected chi connectivity index (χ2v) is 6.69. The molecule has 0 unspecified atom stereocenters. The fourth-order valence-corrected chi connectivity index (χ4v) is 3.04. The molecule has 2 amide bonds. The van der Waals surface area contributed by atoms with Crippen LogP contribution in [0.25, 0.3) is 0 Å². The van der Waals surface area contributed by atoms with Crippen molar-refractivity contribution in [2.45, 2.75) is 26.4 Å². The van der Waals surface area contributed by atoms with Gasteiger partial charge in [-0.2, -0.15) is 5.26 Å². The van der Waals surface area contributed by atoms with Crippen LogP contribution in [-0.4, -0.2) is 24.0 Å². The van der Waals surface area contributed by atoms with Crippen LogP contribution in [0.15, 0.2) is 48.5 Å². The van der Waals surface area contributed by atoms with E-state index in [1.54, 1.807) is 0 Å². The number of nitriles is 1. The molecule has 1 fully saturated rings. The number of ether oxygens (including phenoxy) is 1. The maximum atomic E-state index is 12.4. The molecular formula is C21H23N3O2. The average Bonchev–Trinajstić information content (AvgIpc) is 3.09. The molecule has 0 saturated carbocycles. The molecular weight excluding hydrogens is 326 g/mol. The van der Waals surface area contributed by atoms with Crippen molar-refractivity contribution < 1.29 is 9.53 Å². The summed E-state index contributed by atoms with van der Waals surface area (Å²) in [6.07, 6.45) is 1.45. The molecule has 0 radical (unpaired) electrons. The minimum Gasteiger partial charge on any atom is -0.489 e. The number of urea groups is 1. The first-order valence-corrected chi connectivity index (χ1v) is 8.88. The largest absolute Gasteiger partial charge is 0.489 e. The van der Waals surface area contributed by atoms with Crippen molar-refractivity contribution in [3.05, 3.63) is 59.7 Å². The van der Waals surface area contributed by atoms with Crippen LogP contribution in [0.2, 0.25) is 0 Å². The van der Waals surface area contributed by atoms with Crippen LogP contribution >= 0.6 is 0 Å². The molecule has 0 bridgehead atoms. The lowest BCUT2D eigenvalue weighted by molar-refractivity contribution is 0.221. The molecule has 0 aromatic heterocycles. The van der Waals surface area contributed by atoms with Crippen LogP contribution in [0.5, 0.6) is 5.75 Å². The Bertz CT molecular complexity index is 796. The van der Waals surface area contributed by atoms with Crippen molar-refractivity contribution in [3.63, 3.8) is 0 Å². The van der Waals surface area contributed by atoms with E-state index < -0.39 is 0 Å². The van der Waals surface area contributed by atoms with E-state index in [0.29, 0.717) is 18.9 Å². The summed E-state index contributed by atoms with van der Waals surface area (Å²) in [7, 11) is 0. The molecule has 2 aromatic rings. The maximum Gasteiger partial charge on any atom is 0.321 e. The van der Waals surface area contributed by atoms with Gasteiger partial charge in [-0.25, -0.2) is 4.79 Å². The predicted molar refractivity (Wildman–Crippen MR) is 101 cm³/mol. The van der Waals surface area contributed by atoms with E-state index in [2.05, 4.69) is 18.3 Å². The number of benzene rings is 2. The predicted octanol–water partition coefficient (Wildman–Crippen LogP) is 4.21. The highest BCUT2D eigenvalue weighted by Crippen LogP contribution is 2.21. The van der Waals surface area contributed by atoms with Gasteiger partial charge in [0.1, 0.15) is 12.4 Å². The van der Waals surface area contributed by atoms with Gasteiger partial charge in [0.15, 0.2) is 0 Å². The minimum atomic E-state index is -0.0531. The number of para-hydroxylation sites is 1. The average molecular weight is 349 g/mol. The summed E-state index contributed by atoms with van der Waals surface area (Å²) < 4.78 is 5.84.